The van der Waals surface area contributed by atoms with Gasteiger partial charge in [0.25, 0.3) is 5.91 Å². The number of imidazole rings is 1. The molecule has 0 bridgehead atoms. The molecule has 27 heavy (non-hydrogen) atoms. The first-order chi connectivity index (χ1) is 12.0. The molecule has 1 heterocycles. The number of benzene rings is 1. The molecule has 152 valence electrons. The Bertz CT molecular complexity index is 745. The summed E-state index contributed by atoms with van der Waals surface area (Å²) in [7, 11) is 0. The average molecular weight is 417 g/mol. The number of halogens is 2. The summed E-state index contributed by atoms with van der Waals surface area (Å²) in [6, 6.07) is 6.44. The van der Waals surface area contributed by atoms with Crippen LogP contribution in [-0.4, -0.2) is 33.3 Å². The SMILES string of the molecule is CCCCc1nc2cc(/C=C/C(=O)NO)ccc2n1CCNC(C)C.Cl.Cl. The van der Waals surface area contributed by atoms with E-state index in [0.717, 1.165) is 54.8 Å². The lowest BCUT2D eigenvalue weighted by atomic mass is 10.2. The molecule has 0 radical (unpaired) electrons. The second-order valence-electron chi connectivity index (χ2n) is 6.45. The quantitative estimate of drug-likeness (QED) is 0.330. The van der Waals surface area contributed by atoms with Gasteiger partial charge in [-0.1, -0.05) is 33.3 Å². The number of carbonyl (C=O) groups is 1. The van der Waals surface area contributed by atoms with Crippen LogP contribution in [0, 0.1) is 0 Å². The Hall–Kier alpha value is -1.60. The maximum atomic E-state index is 11.1. The van der Waals surface area contributed by atoms with Crippen molar-refractivity contribution in [3.8, 4) is 0 Å². The summed E-state index contributed by atoms with van der Waals surface area (Å²) in [6.45, 7) is 8.26. The van der Waals surface area contributed by atoms with Crippen molar-refractivity contribution in [2.75, 3.05) is 6.54 Å². The zero-order valence-corrected chi connectivity index (χ0v) is 17.7. The van der Waals surface area contributed by atoms with Gasteiger partial charge in [0.1, 0.15) is 5.82 Å². The molecule has 0 aliphatic rings. The fraction of sp³-hybridized carbons (Fsp3) is 0.474. The van der Waals surface area contributed by atoms with Gasteiger partial charge in [-0.25, -0.2) is 10.5 Å². The molecule has 0 fully saturated rings. The molecule has 6 nitrogen and oxygen atoms in total. The predicted molar refractivity (Wildman–Crippen MR) is 115 cm³/mol. The van der Waals surface area contributed by atoms with E-state index in [1.54, 1.807) is 11.6 Å². The van der Waals surface area contributed by atoms with E-state index in [1.807, 2.05) is 18.2 Å². The Morgan fingerprint density at radius 2 is 2.07 bits per heavy atom. The minimum Gasteiger partial charge on any atom is -0.327 e. The monoisotopic (exact) mass is 416 g/mol. The van der Waals surface area contributed by atoms with Crippen LogP contribution in [0.3, 0.4) is 0 Å². The summed E-state index contributed by atoms with van der Waals surface area (Å²) in [5.74, 6) is 0.561. The van der Waals surface area contributed by atoms with Crippen molar-refractivity contribution in [1.82, 2.24) is 20.3 Å². The first-order valence-electron chi connectivity index (χ1n) is 8.89. The van der Waals surface area contributed by atoms with Crippen molar-refractivity contribution in [2.45, 2.75) is 52.6 Å². The Labute approximate surface area is 173 Å². The third-order valence-electron chi connectivity index (χ3n) is 4.03. The number of hydroxylamine groups is 1. The molecule has 1 aromatic heterocycles. The summed E-state index contributed by atoms with van der Waals surface area (Å²) in [5.41, 5.74) is 4.51. The number of fused-ring (bicyclic) bond motifs is 1. The fourth-order valence-electron chi connectivity index (χ4n) is 2.75. The molecule has 0 saturated carbocycles. The van der Waals surface area contributed by atoms with Gasteiger partial charge in [0.05, 0.1) is 11.0 Å². The lowest BCUT2D eigenvalue weighted by molar-refractivity contribution is -0.124. The van der Waals surface area contributed by atoms with Crippen molar-refractivity contribution >= 4 is 47.8 Å². The van der Waals surface area contributed by atoms with Crippen molar-refractivity contribution in [2.24, 2.45) is 0 Å². The molecule has 0 spiro atoms. The Balaban J connectivity index is 0.00000338. The zero-order valence-electron chi connectivity index (χ0n) is 16.1. The highest BCUT2D eigenvalue weighted by molar-refractivity contribution is 5.91. The summed E-state index contributed by atoms with van der Waals surface area (Å²) < 4.78 is 2.29. The van der Waals surface area contributed by atoms with Crippen LogP contribution in [0.15, 0.2) is 24.3 Å². The van der Waals surface area contributed by atoms with Crippen molar-refractivity contribution in [3.63, 3.8) is 0 Å². The van der Waals surface area contributed by atoms with Gasteiger partial charge in [-0.3, -0.25) is 10.0 Å². The molecule has 8 heteroatoms. The molecule has 0 atom stereocenters. The molecular formula is C19H30Cl2N4O2. The predicted octanol–water partition coefficient (Wildman–Crippen LogP) is 3.74. The normalized spacial score (nSPS) is 10.9. The Kier molecular flexibility index (Phi) is 12.0. The highest BCUT2D eigenvalue weighted by atomic mass is 35.5. The molecule has 2 rings (SSSR count). The van der Waals surface area contributed by atoms with Gasteiger partial charge in [-0.15, -0.1) is 24.8 Å². The van der Waals surface area contributed by atoms with E-state index in [9.17, 15) is 4.79 Å². The van der Waals surface area contributed by atoms with Crippen molar-refractivity contribution in [1.29, 1.82) is 0 Å². The smallest absolute Gasteiger partial charge is 0.267 e. The van der Waals surface area contributed by atoms with Gasteiger partial charge in [0.2, 0.25) is 0 Å². The molecule has 0 aliphatic heterocycles. The van der Waals surface area contributed by atoms with E-state index < -0.39 is 5.91 Å². The number of hydrogen-bond donors (Lipinski definition) is 3. The molecule has 0 aliphatic carbocycles. The number of rotatable bonds is 9. The molecule has 3 N–H and O–H groups in total. The third kappa shape index (κ3) is 7.50. The van der Waals surface area contributed by atoms with Crippen LogP contribution in [0.4, 0.5) is 0 Å². The molecule has 0 saturated heterocycles. The minimum atomic E-state index is -0.547. The lowest BCUT2D eigenvalue weighted by Crippen LogP contribution is -2.27. The van der Waals surface area contributed by atoms with Gasteiger partial charge in [0.15, 0.2) is 0 Å². The number of unbranched alkanes of at least 4 members (excludes halogenated alkanes) is 1. The highest BCUT2D eigenvalue weighted by Gasteiger charge is 2.10. The second-order valence-corrected chi connectivity index (χ2v) is 6.45. The number of hydrogen-bond acceptors (Lipinski definition) is 4. The van der Waals surface area contributed by atoms with Gasteiger partial charge in [-0.05, 0) is 30.2 Å². The largest absolute Gasteiger partial charge is 0.327 e. The van der Waals surface area contributed by atoms with E-state index in [4.69, 9.17) is 10.2 Å². The van der Waals surface area contributed by atoms with Crippen LogP contribution in [-0.2, 0) is 17.8 Å². The maximum Gasteiger partial charge on any atom is 0.267 e. The van der Waals surface area contributed by atoms with E-state index in [2.05, 4.69) is 30.7 Å². The minimum absolute atomic E-state index is 0. The van der Waals surface area contributed by atoms with Crippen LogP contribution < -0.4 is 10.8 Å². The van der Waals surface area contributed by atoms with Crippen LogP contribution in [0.2, 0.25) is 0 Å². The first-order valence-corrected chi connectivity index (χ1v) is 8.89. The van der Waals surface area contributed by atoms with Crippen molar-refractivity contribution < 1.29 is 10.0 Å². The van der Waals surface area contributed by atoms with Gasteiger partial charge < -0.3 is 9.88 Å². The average Bonchev–Trinajstić information content (AvgIpc) is 2.94. The van der Waals surface area contributed by atoms with Crippen LogP contribution in [0.5, 0.6) is 0 Å². The van der Waals surface area contributed by atoms with Crippen LogP contribution in [0.25, 0.3) is 17.1 Å². The summed E-state index contributed by atoms with van der Waals surface area (Å²) in [6.07, 6.45) is 6.17. The molecule has 2 aromatic rings. The number of aryl methyl sites for hydroxylation is 1. The van der Waals surface area contributed by atoms with E-state index >= 15 is 0 Å². The summed E-state index contributed by atoms with van der Waals surface area (Å²) in [5, 5.41) is 12.0. The number of carbonyl (C=O) groups excluding carboxylic acids is 1. The third-order valence-corrected chi connectivity index (χ3v) is 4.03. The number of aromatic nitrogens is 2. The maximum absolute atomic E-state index is 11.1. The number of nitrogens with zero attached hydrogens (tertiary/aromatic N) is 2. The first kappa shape index (κ1) is 25.4. The van der Waals surface area contributed by atoms with Gasteiger partial charge in [-0.2, -0.15) is 0 Å². The number of nitrogens with one attached hydrogen (secondary N) is 2. The second kappa shape index (κ2) is 12.7. The van der Waals surface area contributed by atoms with Gasteiger partial charge >= 0.3 is 0 Å². The highest BCUT2D eigenvalue weighted by Crippen LogP contribution is 2.20. The zero-order chi connectivity index (χ0) is 18.2. The molecule has 1 amide bonds. The standard InChI is InChI=1S/C19H28N4O2.2ClH/c1-4-5-6-18-21-16-13-15(8-10-19(24)22-25)7-9-17(16)23(18)12-11-20-14(2)3;;/h7-10,13-14,20,25H,4-6,11-12H2,1-3H3,(H,22,24);2*1H/b10-8+;;. The van der Waals surface area contributed by atoms with Crippen LogP contribution in [0.1, 0.15) is 45.0 Å². The van der Waals surface area contributed by atoms with E-state index in [1.165, 1.54) is 6.08 Å². The molecular weight excluding hydrogens is 387 g/mol. The van der Waals surface area contributed by atoms with Gasteiger partial charge in [0, 0.05) is 31.6 Å². The fourth-order valence-corrected chi connectivity index (χ4v) is 2.75. The lowest BCUT2D eigenvalue weighted by Gasteiger charge is -2.12. The van der Waals surface area contributed by atoms with Crippen LogP contribution >= 0.6 is 24.8 Å². The summed E-state index contributed by atoms with van der Waals surface area (Å²) in [4.78, 5) is 15.9. The topological polar surface area (TPSA) is 79.2 Å². The van der Waals surface area contributed by atoms with E-state index in [0.29, 0.717) is 6.04 Å². The molecule has 1 aromatic carbocycles. The Morgan fingerprint density at radius 1 is 1.33 bits per heavy atom. The Morgan fingerprint density at radius 3 is 2.70 bits per heavy atom. The molecule has 0 unspecified atom stereocenters. The summed E-state index contributed by atoms with van der Waals surface area (Å²) >= 11 is 0. The number of amides is 1. The van der Waals surface area contributed by atoms with E-state index in [-0.39, 0.29) is 24.8 Å². The van der Waals surface area contributed by atoms with Crippen molar-refractivity contribution in [3.05, 3.63) is 35.7 Å².